The number of nitrogens with one attached hydrogen (secondary N) is 1. The molecule has 0 aromatic rings. The van der Waals surface area contributed by atoms with E-state index in [1.165, 1.54) is 70.6 Å². The topological polar surface area (TPSA) is 55.4 Å². The highest BCUT2D eigenvalue weighted by Gasteiger charge is 2.43. The van der Waals surface area contributed by atoms with Crippen molar-refractivity contribution in [3.8, 4) is 0 Å². The molecule has 4 nitrogen and oxygen atoms in total. The summed E-state index contributed by atoms with van der Waals surface area (Å²) in [7, 11) is 0. The van der Waals surface area contributed by atoms with Gasteiger partial charge in [0.2, 0.25) is 0 Å². The molecular weight excluding hydrogens is 422 g/mol. The summed E-state index contributed by atoms with van der Waals surface area (Å²) in [6, 6.07) is 0. The minimum atomic E-state index is -0.573. The normalized spacial score (nSPS) is 22.8. The molecule has 2 bridgehead atoms. The largest absolute Gasteiger partial charge is 0.449 e. The number of amides is 1. The number of Topliss-reactive ketones (excluding diaryl/α,β-unsaturated/α-hetero) is 1. The zero-order valence-corrected chi connectivity index (χ0v) is 22.7. The number of allylic oxidation sites excluding steroid dienone is 2. The van der Waals surface area contributed by atoms with Gasteiger partial charge in [0.15, 0.2) is 0 Å². The summed E-state index contributed by atoms with van der Waals surface area (Å²) in [4.78, 5) is 25.6. The van der Waals surface area contributed by atoms with Crippen LogP contribution in [0.15, 0.2) is 12.2 Å². The van der Waals surface area contributed by atoms with Crippen molar-refractivity contribution >= 4 is 11.9 Å². The first-order chi connectivity index (χ1) is 16.3. The molecule has 2 rings (SSSR count). The van der Waals surface area contributed by atoms with E-state index in [4.69, 9.17) is 4.74 Å². The second-order valence-corrected chi connectivity index (χ2v) is 11.9. The monoisotopic (exact) mass is 475 g/mol. The Bertz CT molecular complexity index is 629. The van der Waals surface area contributed by atoms with Crippen LogP contribution in [0.3, 0.4) is 0 Å². The molecule has 0 spiro atoms. The number of rotatable bonds is 19. The fourth-order valence-corrected chi connectivity index (χ4v) is 5.78. The van der Waals surface area contributed by atoms with Crippen molar-refractivity contribution < 1.29 is 14.3 Å². The smallest absolute Gasteiger partial charge is 0.407 e. The van der Waals surface area contributed by atoms with Crippen molar-refractivity contribution in [3.63, 3.8) is 0 Å². The van der Waals surface area contributed by atoms with E-state index in [1.54, 1.807) is 0 Å². The van der Waals surface area contributed by atoms with Gasteiger partial charge in [0.25, 0.3) is 0 Å². The zero-order chi connectivity index (χ0) is 24.8. The highest BCUT2D eigenvalue weighted by molar-refractivity contribution is 5.85. The van der Waals surface area contributed by atoms with Crippen LogP contribution in [0.25, 0.3) is 0 Å². The summed E-state index contributed by atoms with van der Waals surface area (Å²) >= 11 is 0. The predicted molar refractivity (Wildman–Crippen MR) is 142 cm³/mol. The van der Waals surface area contributed by atoms with E-state index in [2.05, 4.69) is 38.2 Å². The van der Waals surface area contributed by atoms with Crippen molar-refractivity contribution in [3.05, 3.63) is 12.2 Å². The van der Waals surface area contributed by atoms with Gasteiger partial charge in [0, 0.05) is 13.0 Å². The summed E-state index contributed by atoms with van der Waals surface area (Å²) in [5.74, 6) is 2.50. The molecule has 0 heterocycles. The van der Waals surface area contributed by atoms with Crippen LogP contribution in [-0.4, -0.2) is 25.0 Å². The molecular formula is C30H53NO3. The van der Waals surface area contributed by atoms with Crippen LogP contribution in [0.5, 0.6) is 0 Å². The SMILES string of the molecule is CCCCCCCCCCCCCC(=O)C(C)(COC(=O)NCC(C)C)CC1CC2C=CC1C2. The maximum atomic E-state index is 13.4. The number of alkyl carbamates (subject to hydrolysis) is 1. The summed E-state index contributed by atoms with van der Waals surface area (Å²) in [5, 5.41) is 2.82. The maximum Gasteiger partial charge on any atom is 0.407 e. The molecule has 196 valence electrons. The van der Waals surface area contributed by atoms with E-state index in [-0.39, 0.29) is 12.4 Å². The Morgan fingerprint density at radius 1 is 0.941 bits per heavy atom. The van der Waals surface area contributed by atoms with E-state index >= 15 is 0 Å². The third-order valence-corrected chi connectivity index (χ3v) is 7.99. The van der Waals surface area contributed by atoms with Crippen LogP contribution in [0.4, 0.5) is 4.79 Å². The first kappa shape index (κ1) is 28.9. The lowest BCUT2D eigenvalue weighted by atomic mass is 9.73. The maximum absolute atomic E-state index is 13.4. The van der Waals surface area contributed by atoms with Crippen molar-refractivity contribution in [1.82, 2.24) is 5.32 Å². The van der Waals surface area contributed by atoms with Crippen molar-refractivity contribution in [2.24, 2.45) is 29.1 Å². The van der Waals surface area contributed by atoms with Crippen molar-refractivity contribution in [2.45, 2.75) is 124 Å². The highest BCUT2D eigenvalue weighted by atomic mass is 16.5. The number of carbonyl (C=O) groups is 2. The first-order valence-electron chi connectivity index (χ1n) is 14.5. The number of unbranched alkanes of at least 4 members (excludes halogenated alkanes) is 10. The minimum absolute atomic E-state index is 0.200. The Hall–Kier alpha value is -1.32. The third-order valence-electron chi connectivity index (χ3n) is 7.99. The summed E-state index contributed by atoms with van der Waals surface area (Å²) in [6.07, 6.45) is 22.3. The molecule has 0 aromatic heterocycles. The van der Waals surface area contributed by atoms with Crippen LogP contribution in [0.2, 0.25) is 0 Å². The average molecular weight is 476 g/mol. The molecule has 4 heteroatoms. The van der Waals surface area contributed by atoms with Gasteiger partial charge in [-0.1, -0.05) is 97.1 Å². The number of hydrogen-bond acceptors (Lipinski definition) is 3. The van der Waals surface area contributed by atoms with Gasteiger partial charge in [-0.05, 0) is 56.3 Å². The van der Waals surface area contributed by atoms with Gasteiger partial charge in [0.05, 0.1) is 5.41 Å². The van der Waals surface area contributed by atoms with Crippen LogP contribution in [0, 0.1) is 29.1 Å². The Kier molecular flexibility index (Phi) is 13.3. The Morgan fingerprint density at radius 3 is 2.09 bits per heavy atom. The first-order valence-corrected chi connectivity index (χ1v) is 14.5. The Balaban J connectivity index is 1.72. The van der Waals surface area contributed by atoms with Gasteiger partial charge in [0.1, 0.15) is 12.4 Å². The van der Waals surface area contributed by atoms with Crippen molar-refractivity contribution in [2.75, 3.05) is 13.2 Å². The average Bonchev–Trinajstić information content (AvgIpc) is 3.43. The predicted octanol–water partition coefficient (Wildman–Crippen LogP) is 8.25. The second kappa shape index (κ2) is 15.6. The number of hydrogen-bond donors (Lipinski definition) is 1. The number of carbonyl (C=O) groups excluding carboxylic acids is 2. The van der Waals surface area contributed by atoms with E-state index in [0.29, 0.717) is 36.6 Å². The third kappa shape index (κ3) is 10.5. The molecule has 0 radical (unpaired) electrons. The van der Waals surface area contributed by atoms with Crippen LogP contribution >= 0.6 is 0 Å². The summed E-state index contributed by atoms with van der Waals surface area (Å²) < 4.78 is 5.59. The van der Waals surface area contributed by atoms with E-state index in [9.17, 15) is 9.59 Å². The zero-order valence-electron chi connectivity index (χ0n) is 22.7. The number of fused-ring (bicyclic) bond motifs is 2. The lowest BCUT2D eigenvalue weighted by molar-refractivity contribution is -0.131. The second-order valence-electron chi connectivity index (χ2n) is 11.9. The Morgan fingerprint density at radius 2 is 1.56 bits per heavy atom. The quantitative estimate of drug-likeness (QED) is 0.151. The van der Waals surface area contributed by atoms with E-state index < -0.39 is 11.5 Å². The van der Waals surface area contributed by atoms with Gasteiger partial charge in [-0.3, -0.25) is 4.79 Å². The van der Waals surface area contributed by atoms with Crippen LogP contribution in [0.1, 0.15) is 124 Å². The van der Waals surface area contributed by atoms with Crippen LogP contribution in [-0.2, 0) is 9.53 Å². The molecule has 34 heavy (non-hydrogen) atoms. The van der Waals surface area contributed by atoms with Crippen LogP contribution < -0.4 is 5.32 Å². The van der Waals surface area contributed by atoms with Gasteiger partial charge in [-0.15, -0.1) is 0 Å². The molecule has 1 amide bonds. The highest BCUT2D eigenvalue weighted by Crippen LogP contribution is 2.48. The summed E-state index contributed by atoms with van der Waals surface area (Å²) in [5.41, 5.74) is -0.573. The number of ketones is 1. The van der Waals surface area contributed by atoms with Gasteiger partial charge >= 0.3 is 6.09 Å². The van der Waals surface area contributed by atoms with Gasteiger partial charge < -0.3 is 10.1 Å². The molecule has 4 unspecified atom stereocenters. The number of ether oxygens (including phenoxy) is 1. The van der Waals surface area contributed by atoms with E-state index in [0.717, 1.165) is 19.3 Å². The molecule has 0 aliphatic heterocycles. The molecule has 1 fully saturated rings. The van der Waals surface area contributed by atoms with E-state index in [1.807, 2.05) is 6.92 Å². The minimum Gasteiger partial charge on any atom is -0.449 e. The standard InChI is InChI=1S/C30H53NO3/c1-5-6-7-8-9-10-11-12-13-14-15-16-28(32)30(4,23-34-29(33)31-22-24(2)3)21-27-20-25-17-18-26(27)19-25/h17-18,24-27H,5-16,19-23H2,1-4H3,(H,31,33). The molecule has 1 N–H and O–H groups in total. The molecule has 0 saturated heterocycles. The fourth-order valence-electron chi connectivity index (χ4n) is 5.78. The molecule has 4 atom stereocenters. The van der Waals surface area contributed by atoms with Gasteiger partial charge in [-0.2, -0.15) is 0 Å². The fraction of sp³-hybridized carbons (Fsp3) is 0.867. The lowest BCUT2D eigenvalue weighted by Gasteiger charge is -2.32. The molecule has 2 aliphatic carbocycles. The van der Waals surface area contributed by atoms with Gasteiger partial charge in [-0.25, -0.2) is 4.79 Å². The molecule has 0 aromatic carbocycles. The Labute approximate surface area is 210 Å². The summed E-state index contributed by atoms with van der Waals surface area (Å²) in [6.45, 7) is 9.22. The van der Waals surface area contributed by atoms with Crippen molar-refractivity contribution in [1.29, 1.82) is 0 Å². The molecule has 2 aliphatic rings. The molecule has 1 saturated carbocycles. The lowest BCUT2D eigenvalue weighted by Crippen LogP contribution is -2.39.